The molecule has 2 aromatic rings. The lowest BCUT2D eigenvalue weighted by molar-refractivity contribution is -0.152. The summed E-state index contributed by atoms with van der Waals surface area (Å²) in [5.41, 5.74) is 1.50. The molecule has 1 fully saturated rings. The number of benzene rings is 1. The summed E-state index contributed by atoms with van der Waals surface area (Å²) in [7, 11) is 3.17. The highest BCUT2D eigenvalue weighted by molar-refractivity contribution is 7.13. The van der Waals surface area contributed by atoms with Gasteiger partial charge in [0.15, 0.2) is 18.1 Å². The fourth-order valence-corrected chi connectivity index (χ4v) is 4.76. The van der Waals surface area contributed by atoms with Crippen LogP contribution in [-0.2, 0) is 20.7 Å². The smallest absolute Gasteiger partial charge is 0.312 e. The molecule has 31 heavy (non-hydrogen) atoms. The topological polar surface area (TPSA) is 78.0 Å². The van der Waals surface area contributed by atoms with Gasteiger partial charge in [-0.15, -0.1) is 11.3 Å². The number of carbonyl (C=O) groups excluding carboxylic acids is 2. The second kappa shape index (κ2) is 11.1. The van der Waals surface area contributed by atoms with Gasteiger partial charge in [0.1, 0.15) is 5.01 Å². The van der Waals surface area contributed by atoms with Crippen LogP contribution in [0.4, 0.5) is 0 Å². The van der Waals surface area contributed by atoms with E-state index in [9.17, 15) is 9.59 Å². The normalized spacial score (nSPS) is 14.2. The number of hydrogen-bond acceptors (Lipinski definition) is 7. The van der Waals surface area contributed by atoms with E-state index in [-0.39, 0.29) is 25.0 Å². The van der Waals surface area contributed by atoms with E-state index in [0.29, 0.717) is 23.7 Å². The lowest BCUT2D eigenvalue weighted by Crippen LogP contribution is -2.43. The van der Waals surface area contributed by atoms with Gasteiger partial charge in [-0.1, -0.05) is 19.3 Å². The zero-order chi connectivity index (χ0) is 22.2. The molecule has 8 heteroatoms. The van der Waals surface area contributed by atoms with Gasteiger partial charge in [-0.3, -0.25) is 9.59 Å². The molecule has 0 atom stereocenters. The van der Waals surface area contributed by atoms with Crippen LogP contribution in [0, 0.1) is 0 Å². The maximum atomic E-state index is 12.5. The first-order valence-corrected chi connectivity index (χ1v) is 11.6. The van der Waals surface area contributed by atoms with Crippen LogP contribution in [0.15, 0.2) is 23.6 Å². The van der Waals surface area contributed by atoms with Gasteiger partial charge >= 0.3 is 5.97 Å². The van der Waals surface area contributed by atoms with Crippen LogP contribution < -0.4 is 9.47 Å². The highest BCUT2D eigenvalue weighted by Gasteiger charge is 2.25. The highest BCUT2D eigenvalue weighted by atomic mass is 32.1. The summed E-state index contributed by atoms with van der Waals surface area (Å²) in [4.78, 5) is 31.2. The minimum Gasteiger partial charge on any atom is -0.493 e. The molecule has 0 saturated heterocycles. The summed E-state index contributed by atoms with van der Waals surface area (Å²) in [6.45, 7) is 2.40. The minimum absolute atomic E-state index is 0.0343. The molecule has 1 saturated carbocycles. The van der Waals surface area contributed by atoms with Crippen LogP contribution in [0.1, 0.15) is 44.7 Å². The van der Waals surface area contributed by atoms with Crippen molar-refractivity contribution in [1.29, 1.82) is 0 Å². The third-order valence-electron chi connectivity index (χ3n) is 5.54. The van der Waals surface area contributed by atoms with Gasteiger partial charge in [0.25, 0.3) is 5.91 Å². The van der Waals surface area contributed by atoms with Crippen molar-refractivity contribution >= 4 is 23.2 Å². The minimum atomic E-state index is -0.447. The first kappa shape index (κ1) is 23.1. The molecule has 1 aliphatic rings. The third kappa shape index (κ3) is 5.97. The van der Waals surface area contributed by atoms with Crippen LogP contribution >= 0.6 is 11.3 Å². The highest BCUT2D eigenvalue weighted by Crippen LogP contribution is 2.33. The molecule has 0 unspecified atom stereocenters. The number of amides is 1. The monoisotopic (exact) mass is 446 g/mol. The molecule has 1 amide bonds. The first-order chi connectivity index (χ1) is 15.0. The van der Waals surface area contributed by atoms with Gasteiger partial charge in [0, 0.05) is 23.5 Å². The van der Waals surface area contributed by atoms with Crippen molar-refractivity contribution in [1.82, 2.24) is 9.88 Å². The van der Waals surface area contributed by atoms with Crippen LogP contribution in [0.3, 0.4) is 0 Å². The van der Waals surface area contributed by atoms with Crippen molar-refractivity contribution in [3.05, 3.63) is 29.3 Å². The number of nitrogens with zero attached hydrogens (tertiary/aromatic N) is 2. The van der Waals surface area contributed by atoms with Gasteiger partial charge in [-0.2, -0.15) is 0 Å². The SMILES string of the molecule is CCN(C(=O)COC(=O)Cc1csc(-c2ccc(OC)c(OC)c2)n1)C1CCCCC1. The number of hydrogen-bond donors (Lipinski definition) is 0. The summed E-state index contributed by atoms with van der Waals surface area (Å²) in [5, 5.41) is 2.60. The lowest BCUT2D eigenvalue weighted by atomic mass is 9.94. The molecule has 0 spiro atoms. The molecule has 0 radical (unpaired) electrons. The Balaban J connectivity index is 1.54. The van der Waals surface area contributed by atoms with E-state index in [4.69, 9.17) is 14.2 Å². The van der Waals surface area contributed by atoms with Crippen molar-refractivity contribution in [3.63, 3.8) is 0 Å². The Morgan fingerprint density at radius 1 is 1.13 bits per heavy atom. The molecule has 1 heterocycles. The molecule has 0 aliphatic heterocycles. The summed E-state index contributed by atoms with van der Waals surface area (Å²) in [6.07, 6.45) is 5.64. The molecule has 7 nitrogen and oxygen atoms in total. The Morgan fingerprint density at radius 3 is 2.55 bits per heavy atom. The average molecular weight is 447 g/mol. The number of ether oxygens (including phenoxy) is 3. The Morgan fingerprint density at radius 2 is 1.87 bits per heavy atom. The van der Waals surface area contributed by atoms with Crippen LogP contribution in [0.25, 0.3) is 10.6 Å². The fourth-order valence-electron chi connectivity index (χ4n) is 3.94. The van der Waals surface area contributed by atoms with E-state index in [1.54, 1.807) is 14.2 Å². The molecule has 168 valence electrons. The molecule has 0 bridgehead atoms. The number of aromatic nitrogens is 1. The Labute approximate surface area is 187 Å². The summed E-state index contributed by atoms with van der Waals surface area (Å²) < 4.78 is 15.9. The molecular weight excluding hydrogens is 416 g/mol. The van der Waals surface area contributed by atoms with E-state index < -0.39 is 5.97 Å². The van der Waals surface area contributed by atoms with Gasteiger partial charge in [0.05, 0.1) is 26.3 Å². The quantitative estimate of drug-likeness (QED) is 0.540. The van der Waals surface area contributed by atoms with Crippen molar-refractivity contribution < 1.29 is 23.8 Å². The van der Waals surface area contributed by atoms with Gasteiger partial charge in [-0.25, -0.2) is 4.98 Å². The predicted molar refractivity (Wildman–Crippen MR) is 120 cm³/mol. The van der Waals surface area contributed by atoms with Crippen molar-refractivity contribution in [3.8, 4) is 22.1 Å². The first-order valence-electron chi connectivity index (χ1n) is 10.7. The van der Waals surface area contributed by atoms with Crippen LogP contribution in [0.5, 0.6) is 11.5 Å². The largest absolute Gasteiger partial charge is 0.493 e. The third-order valence-corrected chi connectivity index (χ3v) is 6.48. The standard InChI is InChI=1S/C23H30N2O5S/c1-4-25(18-8-6-5-7-9-18)21(26)14-30-22(27)13-17-15-31-23(24-17)16-10-11-19(28-2)20(12-16)29-3/h10-12,15,18H,4-9,13-14H2,1-3H3. The summed E-state index contributed by atoms with van der Waals surface area (Å²) in [5.74, 6) is 0.697. The zero-order valence-electron chi connectivity index (χ0n) is 18.4. The molecule has 1 aromatic carbocycles. The second-order valence-electron chi connectivity index (χ2n) is 7.52. The van der Waals surface area contributed by atoms with Crippen LogP contribution in [-0.4, -0.2) is 55.2 Å². The maximum Gasteiger partial charge on any atom is 0.312 e. The molecule has 3 rings (SSSR count). The Kier molecular flexibility index (Phi) is 8.28. The van der Waals surface area contributed by atoms with E-state index in [0.717, 1.165) is 36.3 Å². The predicted octanol–water partition coefficient (Wildman–Crippen LogP) is 4.09. The molecule has 0 N–H and O–H groups in total. The average Bonchev–Trinajstić information content (AvgIpc) is 3.26. The Bertz CT molecular complexity index is 892. The van der Waals surface area contributed by atoms with Gasteiger partial charge in [-0.05, 0) is 38.0 Å². The molecule has 1 aliphatic carbocycles. The van der Waals surface area contributed by atoms with Crippen molar-refractivity contribution in [2.75, 3.05) is 27.4 Å². The van der Waals surface area contributed by atoms with E-state index in [1.807, 2.05) is 35.4 Å². The number of methoxy groups -OCH3 is 2. The van der Waals surface area contributed by atoms with E-state index in [2.05, 4.69) is 4.98 Å². The summed E-state index contributed by atoms with van der Waals surface area (Å²) >= 11 is 1.44. The zero-order valence-corrected chi connectivity index (χ0v) is 19.2. The van der Waals surface area contributed by atoms with Gasteiger partial charge < -0.3 is 19.1 Å². The second-order valence-corrected chi connectivity index (χ2v) is 8.38. The van der Waals surface area contributed by atoms with Gasteiger partial charge in [0.2, 0.25) is 0 Å². The fraction of sp³-hybridized carbons (Fsp3) is 0.522. The number of esters is 1. The number of thiazole rings is 1. The van der Waals surface area contributed by atoms with Crippen LogP contribution in [0.2, 0.25) is 0 Å². The van der Waals surface area contributed by atoms with Crippen molar-refractivity contribution in [2.45, 2.75) is 51.5 Å². The van der Waals surface area contributed by atoms with E-state index in [1.165, 1.54) is 17.8 Å². The lowest BCUT2D eigenvalue weighted by Gasteiger charge is -2.33. The molecular formula is C23H30N2O5S. The summed E-state index contributed by atoms with van der Waals surface area (Å²) in [6, 6.07) is 5.84. The number of likely N-dealkylation sites (N-methyl/N-ethyl adjacent to an activating group) is 1. The number of carbonyl (C=O) groups is 2. The number of rotatable bonds is 9. The maximum absolute atomic E-state index is 12.5. The van der Waals surface area contributed by atoms with Crippen molar-refractivity contribution in [2.24, 2.45) is 0 Å². The molecule has 1 aromatic heterocycles. The Hall–Kier alpha value is -2.61. The van der Waals surface area contributed by atoms with E-state index >= 15 is 0 Å².